The van der Waals surface area contributed by atoms with Crippen molar-refractivity contribution in [1.82, 2.24) is 0 Å². The molecule has 0 fully saturated rings. The molecule has 88 valence electrons. The second-order valence-electron chi connectivity index (χ2n) is 3.28. The smallest absolute Gasteiger partial charge is 0.325 e. The predicted octanol–water partition coefficient (Wildman–Crippen LogP) is 0.750. The van der Waals surface area contributed by atoms with E-state index in [1.807, 2.05) is 0 Å². The molecule has 5 heteroatoms. The van der Waals surface area contributed by atoms with Gasteiger partial charge in [0.25, 0.3) is 0 Å². The van der Waals surface area contributed by atoms with Crippen LogP contribution in [0.25, 0.3) is 0 Å². The van der Waals surface area contributed by atoms with Crippen molar-refractivity contribution in [2.24, 2.45) is 5.73 Å². The molecule has 1 rings (SSSR count). The van der Waals surface area contributed by atoms with Crippen LogP contribution in [0.5, 0.6) is 0 Å². The van der Waals surface area contributed by atoms with Gasteiger partial charge >= 0.3 is 5.97 Å². The molecule has 1 aromatic rings. The largest absolute Gasteiger partial charge is 0.465 e. The number of carbonyl (C=O) groups is 1. The Bertz CT molecular complexity index is 370. The molecule has 0 amide bonds. The second-order valence-corrected chi connectivity index (χ2v) is 3.28. The fourth-order valence-electron chi connectivity index (χ4n) is 1.27. The van der Waals surface area contributed by atoms with Gasteiger partial charge < -0.3 is 15.6 Å². The highest BCUT2D eigenvalue weighted by Crippen LogP contribution is 2.17. The molecule has 3 N–H and O–H groups in total. The highest BCUT2D eigenvalue weighted by Gasteiger charge is 2.25. The zero-order valence-electron chi connectivity index (χ0n) is 8.89. The van der Waals surface area contributed by atoms with Crippen LogP contribution in [0, 0.1) is 5.82 Å². The van der Waals surface area contributed by atoms with Crippen LogP contribution < -0.4 is 5.73 Å². The lowest BCUT2D eigenvalue weighted by atomic mass is 10.0. The molecule has 2 unspecified atom stereocenters. The summed E-state index contributed by atoms with van der Waals surface area (Å²) in [6.07, 6.45) is -1.27. The van der Waals surface area contributed by atoms with Crippen molar-refractivity contribution in [2.75, 3.05) is 6.61 Å². The maximum Gasteiger partial charge on any atom is 0.325 e. The SMILES string of the molecule is CCOC(=O)C(N)C(O)c1cccc(F)c1. The summed E-state index contributed by atoms with van der Waals surface area (Å²) in [5.41, 5.74) is 5.73. The molecule has 0 spiro atoms. The van der Waals surface area contributed by atoms with Crippen LogP contribution in [0.2, 0.25) is 0 Å². The molecule has 0 aliphatic rings. The van der Waals surface area contributed by atoms with Gasteiger partial charge in [0, 0.05) is 0 Å². The second kappa shape index (κ2) is 5.58. The van der Waals surface area contributed by atoms with Crippen LogP contribution in [-0.4, -0.2) is 23.7 Å². The summed E-state index contributed by atoms with van der Waals surface area (Å²) in [5.74, 6) is -1.20. The maximum atomic E-state index is 12.9. The lowest BCUT2D eigenvalue weighted by molar-refractivity contribution is -0.147. The van der Waals surface area contributed by atoms with Crippen molar-refractivity contribution in [2.45, 2.75) is 19.1 Å². The number of esters is 1. The minimum Gasteiger partial charge on any atom is -0.465 e. The average Bonchev–Trinajstić information content (AvgIpc) is 2.27. The van der Waals surface area contributed by atoms with Crippen LogP contribution in [-0.2, 0) is 9.53 Å². The van der Waals surface area contributed by atoms with Gasteiger partial charge in [0.1, 0.15) is 18.0 Å². The number of benzene rings is 1. The number of ether oxygens (including phenoxy) is 1. The van der Waals surface area contributed by atoms with Crippen LogP contribution in [0.3, 0.4) is 0 Å². The Morgan fingerprint density at radius 3 is 2.88 bits per heavy atom. The molecule has 0 aliphatic heterocycles. The summed E-state index contributed by atoms with van der Waals surface area (Å²) in [6.45, 7) is 1.82. The molecule has 0 aliphatic carbocycles. The van der Waals surface area contributed by atoms with Crippen LogP contribution in [0.15, 0.2) is 24.3 Å². The van der Waals surface area contributed by atoms with Crippen LogP contribution in [0.1, 0.15) is 18.6 Å². The standard InChI is InChI=1S/C11H14FNO3/c1-2-16-11(15)9(13)10(14)7-4-3-5-8(12)6-7/h3-6,9-10,14H,2,13H2,1H3. The highest BCUT2D eigenvalue weighted by atomic mass is 19.1. The van der Waals surface area contributed by atoms with Crippen LogP contribution >= 0.6 is 0 Å². The molecule has 16 heavy (non-hydrogen) atoms. The van der Waals surface area contributed by atoms with E-state index in [2.05, 4.69) is 4.74 Å². The Balaban J connectivity index is 2.77. The first-order valence-electron chi connectivity index (χ1n) is 4.92. The van der Waals surface area contributed by atoms with E-state index in [1.54, 1.807) is 6.92 Å². The van der Waals surface area contributed by atoms with Gasteiger partial charge in [-0.2, -0.15) is 0 Å². The summed E-state index contributed by atoms with van der Waals surface area (Å²) >= 11 is 0. The van der Waals surface area contributed by atoms with Gasteiger partial charge in [-0.05, 0) is 24.6 Å². The van der Waals surface area contributed by atoms with Crippen molar-refractivity contribution in [1.29, 1.82) is 0 Å². The number of hydrogen-bond donors (Lipinski definition) is 2. The Hall–Kier alpha value is -1.46. The maximum absolute atomic E-state index is 12.9. The molecule has 2 atom stereocenters. The number of nitrogens with two attached hydrogens (primary N) is 1. The summed E-state index contributed by atoms with van der Waals surface area (Å²) in [5, 5.41) is 9.72. The number of rotatable bonds is 4. The third-order valence-electron chi connectivity index (χ3n) is 2.09. The first-order chi connectivity index (χ1) is 7.56. The molecule has 0 saturated carbocycles. The zero-order valence-corrected chi connectivity index (χ0v) is 8.89. The number of aliphatic hydroxyl groups is 1. The number of halogens is 1. The van der Waals surface area contributed by atoms with E-state index in [-0.39, 0.29) is 12.2 Å². The summed E-state index contributed by atoms with van der Waals surface area (Å²) in [7, 11) is 0. The molecular weight excluding hydrogens is 213 g/mol. The summed E-state index contributed by atoms with van der Waals surface area (Å²) < 4.78 is 17.5. The lowest BCUT2D eigenvalue weighted by Crippen LogP contribution is -2.38. The number of aliphatic hydroxyl groups excluding tert-OH is 1. The van der Waals surface area contributed by atoms with Crippen molar-refractivity contribution < 1.29 is 19.0 Å². The normalized spacial score (nSPS) is 14.2. The van der Waals surface area contributed by atoms with E-state index < -0.39 is 23.9 Å². The summed E-state index contributed by atoms with van der Waals surface area (Å²) in [6, 6.07) is 4.09. The van der Waals surface area contributed by atoms with Gasteiger partial charge in [0.2, 0.25) is 0 Å². The van der Waals surface area contributed by atoms with Crippen molar-refractivity contribution in [3.63, 3.8) is 0 Å². The molecule has 0 aromatic heterocycles. The third kappa shape index (κ3) is 3.01. The van der Waals surface area contributed by atoms with Crippen molar-refractivity contribution in [3.8, 4) is 0 Å². The van der Waals surface area contributed by atoms with E-state index in [1.165, 1.54) is 18.2 Å². The van der Waals surface area contributed by atoms with E-state index >= 15 is 0 Å². The molecule has 0 saturated heterocycles. The Morgan fingerprint density at radius 1 is 1.62 bits per heavy atom. The average molecular weight is 227 g/mol. The first kappa shape index (κ1) is 12.6. The van der Waals surface area contributed by atoms with Gasteiger partial charge in [0.05, 0.1) is 6.61 Å². The third-order valence-corrected chi connectivity index (χ3v) is 2.09. The Labute approximate surface area is 92.8 Å². The van der Waals surface area contributed by atoms with E-state index in [0.29, 0.717) is 0 Å². The van der Waals surface area contributed by atoms with E-state index in [9.17, 15) is 14.3 Å². The predicted molar refractivity (Wildman–Crippen MR) is 56.0 cm³/mol. The lowest BCUT2D eigenvalue weighted by Gasteiger charge is -2.17. The van der Waals surface area contributed by atoms with Crippen molar-refractivity contribution >= 4 is 5.97 Å². The molecule has 0 bridgehead atoms. The van der Waals surface area contributed by atoms with Crippen LogP contribution in [0.4, 0.5) is 4.39 Å². The molecule has 4 nitrogen and oxygen atoms in total. The zero-order chi connectivity index (χ0) is 12.1. The molecular formula is C11H14FNO3. The molecule has 0 heterocycles. The van der Waals surface area contributed by atoms with Gasteiger partial charge in [-0.25, -0.2) is 4.39 Å². The minimum atomic E-state index is -1.27. The number of hydrogen-bond acceptors (Lipinski definition) is 4. The van der Waals surface area contributed by atoms with Crippen molar-refractivity contribution in [3.05, 3.63) is 35.6 Å². The molecule has 1 aromatic carbocycles. The van der Waals surface area contributed by atoms with Gasteiger partial charge in [-0.3, -0.25) is 4.79 Å². The molecule has 0 radical (unpaired) electrons. The van der Waals surface area contributed by atoms with Gasteiger partial charge in [-0.1, -0.05) is 12.1 Å². The fourth-order valence-corrected chi connectivity index (χ4v) is 1.27. The Kier molecular flexibility index (Phi) is 4.39. The topological polar surface area (TPSA) is 72.5 Å². The fraction of sp³-hybridized carbons (Fsp3) is 0.364. The van der Waals surface area contributed by atoms with E-state index in [4.69, 9.17) is 5.73 Å². The highest BCUT2D eigenvalue weighted by molar-refractivity contribution is 5.76. The van der Waals surface area contributed by atoms with Gasteiger partial charge in [-0.15, -0.1) is 0 Å². The Morgan fingerprint density at radius 2 is 2.31 bits per heavy atom. The van der Waals surface area contributed by atoms with E-state index in [0.717, 1.165) is 6.07 Å². The summed E-state index contributed by atoms with van der Waals surface area (Å²) in [4.78, 5) is 11.2. The minimum absolute atomic E-state index is 0.183. The van der Waals surface area contributed by atoms with Gasteiger partial charge in [0.15, 0.2) is 0 Å². The first-order valence-corrected chi connectivity index (χ1v) is 4.92. The monoisotopic (exact) mass is 227 g/mol. The number of carbonyl (C=O) groups excluding carboxylic acids is 1. The quantitative estimate of drug-likeness (QED) is 0.744.